The van der Waals surface area contributed by atoms with Crippen LogP contribution in [0, 0.1) is 10.1 Å². The normalized spacial score (nSPS) is 12.9. The van der Waals surface area contributed by atoms with Gasteiger partial charge in [-0.1, -0.05) is 18.2 Å². The van der Waals surface area contributed by atoms with Gasteiger partial charge in [0.05, 0.1) is 27.7 Å². The molecule has 4 rings (SSSR count). The topological polar surface area (TPSA) is 136 Å². The number of nitrogens with one attached hydrogen (secondary N) is 1. The zero-order chi connectivity index (χ0) is 26.6. The van der Waals surface area contributed by atoms with Crippen LogP contribution in [0.15, 0.2) is 59.5 Å². The molecule has 10 nitrogen and oxygen atoms in total. The monoisotopic (exact) mass is 543 g/mol. The molecular weight excluding hydrogens is 518 g/mol. The number of fused-ring (bicyclic) bond motifs is 1. The van der Waals surface area contributed by atoms with Crippen molar-refractivity contribution in [3.05, 3.63) is 80.7 Å². The largest absolute Gasteiger partial charge is 0.462 e. The Bertz CT molecular complexity index is 1420. The first-order valence-electron chi connectivity index (χ1n) is 11.7. The Kier molecular flexibility index (Phi) is 7.89. The summed E-state index contributed by atoms with van der Waals surface area (Å²) in [5, 5.41) is 14.1. The van der Waals surface area contributed by atoms with Crippen molar-refractivity contribution >= 4 is 49.6 Å². The summed E-state index contributed by atoms with van der Waals surface area (Å²) in [6.45, 7) is 1.27. The van der Waals surface area contributed by atoms with Crippen LogP contribution >= 0.6 is 11.3 Å². The summed E-state index contributed by atoms with van der Waals surface area (Å²) in [5.74, 6) is -1.19. The van der Waals surface area contributed by atoms with Gasteiger partial charge in [0.25, 0.3) is 15.7 Å². The van der Waals surface area contributed by atoms with Crippen molar-refractivity contribution in [1.82, 2.24) is 0 Å². The molecule has 0 bridgehead atoms. The average Bonchev–Trinajstić information content (AvgIpc) is 3.25. The number of esters is 1. The average molecular weight is 544 g/mol. The van der Waals surface area contributed by atoms with Gasteiger partial charge in [-0.15, -0.1) is 11.3 Å². The van der Waals surface area contributed by atoms with Crippen LogP contribution in [-0.4, -0.2) is 38.4 Å². The van der Waals surface area contributed by atoms with E-state index in [1.807, 2.05) is 0 Å². The lowest BCUT2D eigenvalue weighted by molar-refractivity contribution is -0.384. The molecule has 1 aliphatic rings. The Morgan fingerprint density at radius 1 is 1.08 bits per heavy atom. The zero-order valence-corrected chi connectivity index (χ0v) is 21.6. The molecule has 12 heteroatoms. The molecule has 0 spiro atoms. The van der Waals surface area contributed by atoms with E-state index < -0.39 is 33.4 Å². The van der Waals surface area contributed by atoms with Crippen molar-refractivity contribution in [3.63, 3.8) is 0 Å². The summed E-state index contributed by atoms with van der Waals surface area (Å²) in [7, 11) is -4.20. The Morgan fingerprint density at radius 2 is 1.76 bits per heavy atom. The number of carbonyl (C=O) groups excluding carboxylic acids is 2. The summed E-state index contributed by atoms with van der Waals surface area (Å²) in [6.07, 6.45) is 3.39. The molecule has 0 saturated heterocycles. The van der Waals surface area contributed by atoms with Crippen LogP contribution in [0.5, 0.6) is 0 Å². The Labute approximate surface area is 218 Å². The van der Waals surface area contributed by atoms with Crippen molar-refractivity contribution in [2.24, 2.45) is 0 Å². The van der Waals surface area contributed by atoms with Gasteiger partial charge in [0, 0.05) is 17.0 Å². The highest BCUT2D eigenvalue weighted by molar-refractivity contribution is 7.92. The van der Waals surface area contributed by atoms with E-state index in [0.29, 0.717) is 17.0 Å². The second-order valence-electron chi connectivity index (χ2n) is 8.28. The number of amides is 1. The first-order valence-corrected chi connectivity index (χ1v) is 13.9. The van der Waals surface area contributed by atoms with Crippen molar-refractivity contribution in [3.8, 4) is 0 Å². The van der Waals surface area contributed by atoms with Crippen molar-refractivity contribution in [1.29, 1.82) is 0 Å². The number of anilines is 2. The smallest absolute Gasteiger partial charge is 0.341 e. The van der Waals surface area contributed by atoms with Crippen LogP contribution in [0.25, 0.3) is 0 Å². The van der Waals surface area contributed by atoms with E-state index in [9.17, 15) is 28.1 Å². The van der Waals surface area contributed by atoms with Gasteiger partial charge in [-0.3, -0.25) is 19.2 Å². The predicted molar refractivity (Wildman–Crippen MR) is 140 cm³/mol. The summed E-state index contributed by atoms with van der Waals surface area (Å²) in [5.41, 5.74) is 1.06. The number of nitro groups is 1. The van der Waals surface area contributed by atoms with Crippen LogP contribution < -0.4 is 9.62 Å². The summed E-state index contributed by atoms with van der Waals surface area (Å²) in [6, 6.07) is 12.5. The fraction of sp³-hybridized carbons (Fsp3) is 0.280. The zero-order valence-electron chi connectivity index (χ0n) is 20.0. The van der Waals surface area contributed by atoms with Crippen molar-refractivity contribution < 1.29 is 27.7 Å². The van der Waals surface area contributed by atoms with Crippen molar-refractivity contribution in [2.75, 3.05) is 22.8 Å². The number of hydrogen-bond donors (Lipinski definition) is 1. The highest BCUT2D eigenvalue weighted by Crippen LogP contribution is 2.38. The summed E-state index contributed by atoms with van der Waals surface area (Å²) in [4.78, 5) is 37.4. The van der Waals surface area contributed by atoms with Gasteiger partial charge < -0.3 is 10.1 Å². The maximum absolute atomic E-state index is 13.5. The first-order chi connectivity index (χ1) is 17.7. The Hall–Kier alpha value is -3.77. The lowest BCUT2D eigenvalue weighted by Gasteiger charge is -2.24. The number of aryl methyl sites for hydroxylation is 1. The lowest BCUT2D eigenvalue weighted by atomic mass is 9.95. The van der Waals surface area contributed by atoms with Gasteiger partial charge in [-0.05, 0) is 62.4 Å². The number of non-ortho nitro benzene ring substituents is 1. The number of hydrogen-bond acceptors (Lipinski definition) is 8. The van der Waals surface area contributed by atoms with Crippen LogP contribution in [0.4, 0.5) is 16.4 Å². The van der Waals surface area contributed by atoms with E-state index in [2.05, 4.69) is 5.32 Å². The molecule has 1 aromatic heterocycles. The van der Waals surface area contributed by atoms with Crippen LogP contribution in [0.1, 0.15) is 40.6 Å². The molecule has 37 heavy (non-hydrogen) atoms. The minimum absolute atomic E-state index is 0.0417. The predicted octanol–water partition coefficient (Wildman–Crippen LogP) is 4.55. The van der Waals surface area contributed by atoms with E-state index >= 15 is 0 Å². The van der Waals surface area contributed by atoms with Crippen LogP contribution in [0.3, 0.4) is 0 Å². The third-order valence-electron chi connectivity index (χ3n) is 5.87. The second-order valence-corrected chi connectivity index (χ2v) is 11.2. The molecule has 1 aliphatic carbocycles. The molecule has 0 unspecified atom stereocenters. The molecular formula is C25H25N3O7S2. The number of thiophene rings is 1. The standard InChI is InChI=1S/C25H25N3O7S2/c1-2-35-25(30)23-20-10-6-7-11-21(20)36-24(23)26-22(29)16-27(17-12-14-18(15-13-17)28(31)32)37(33,34)19-8-4-3-5-9-19/h3-5,8-9,12-15H,2,6-7,10-11,16H2,1H3,(H,26,29). The molecule has 0 fully saturated rings. The highest BCUT2D eigenvalue weighted by Gasteiger charge is 2.30. The van der Waals surface area contributed by atoms with Crippen LogP contribution in [0.2, 0.25) is 0 Å². The van der Waals surface area contributed by atoms with Gasteiger partial charge in [-0.2, -0.15) is 0 Å². The molecule has 0 saturated carbocycles. The number of nitro benzene ring substituents is 1. The van der Waals surface area contributed by atoms with Crippen molar-refractivity contribution in [2.45, 2.75) is 37.5 Å². The molecule has 1 N–H and O–H groups in total. The van der Waals surface area contributed by atoms with Gasteiger partial charge >= 0.3 is 5.97 Å². The van der Waals surface area contributed by atoms with E-state index in [1.54, 1.807) is 25.1 Å². The number of sulfonamides is 1. The van der Waals surface area contributed by atoms with E-state index in [1.165, 1.54) is 47.7 Å². The second kappa shape index (κ2) is 11.1. The molecule has 194 valence electrons. The number of carbonyl (C=O) groups is 2. The molecule has 0 atom stereocenters. The number of ether oxygens (including phenoxy) is 1. The lowest BCUT2D eigenvalue weighted by Crippen LogP contribution is -2.38. The maximum Gasteiger partial charge on any atom is 0.341 e. The number of benzene rings is 2. The van der Waals surface area contributed by atoms with Gasteiger partial charge in [-0.25, -0.2) is 13.2 Å². The molecule has 2 aromatic carbocycles. The maximum atomic E-state index is 13.5. The van der Waals surface area contributed by atoms with Gasteiger partial charge in [0.1, 0.15) is 11.5 Å². The Balaban J connectivity index is 1.67. The van der Waals surface area contributed by atoms with Gasteiger partial charge in [0.15, 0.2) is 0 Å². The third-order valence-corrected chi connectivity index (χ3v) is 8.87. The van der Waals surface area contributed by atoms with E-state index in [4.69, 9.17) is 4.74 Å². The minimum atomic E-state index is -4.20. The highest BCUT2D eigenvalue weighted by atomic mass is 32.2. The third kappa shape index (κ3) is 5.65. The molecule has 1 amide bonds. The first kappa shape index (κ1) is 26.3. The SMILES string of the molecule is CCOC(=O)c1c(NC(=O)CN(c2ccc([N+](=O)[O-])cc2)S(=O)(=O)c2ccccc2)sc2c1CCCC2. The van der Waals surface area contributed by atoms with E-state index in [-0.39, 0.29) is 22.9 Å². The molecule has 0 aliphatic heterocycles. The fourth-order valence-corrected chi connectivity index (χ4v) is 6.88. The molecule has 0 radical (unpaired) electrons. The number of nitrogens with zero attached hydrogens (tertiary/aromatic N) is 2. The quantitative estimate of drug-likeness (QED) is 0.238. The fourth-order valence-electron chi connectivity index (χ4n) is 4.15. The number of rotatable bonds is 9. The van der Waals surface area contributed by atoms with Crippen LogP contribution in [-0.2, 0) is 32.4 Å². The van der Waals surface area contributed by atoms with E-state index in [0.717, 1.165) is 34.0 Å². The molecule has 1 heterocycles. The Morgan fingerprint density at radius 3 is 2.41 bits per heavy atom. The summed E-state index contributed by atoms with van der Waals surface area (Å²) < 4.78 is 33.1. The van der Waals surface area contributed by atoms with Gasteiger partial charge in [0.2, 0.25) is 5.91 Å². The summed E-state index contributed by atoms with van der Waals surface area (Å²) >= 11 is 1.30. The minimum Gasteiger partial charge on any atom is -0.462 e. The molecule has 3 aromatic rings.